The first kappa shape index (κ1) is 27.1. The number of ether oxygens (including phenoxy) is 3. The van der Waals surface area contributed by atoms with Crippen molar-refractivity contribution >= 4 is 27.5 Å². The zero-order chi connectivity index (χ0) is 25.3. The Morgan fingerprint density at radius 3 is 2.24 bits per heavy atom. The maximum atomic E-state index is 12.7. The summed E-state index contributed by atoms with van der Waals surface area (Å²) in [5.74, 6) is 0.294. The normalized spacial score (nSPS) is 13.0. The number of methoxy groups -OCH3 is 2. The molecule has 0 aliphatic rings. The van der Waals surface area contributed by atoms with Gasteiger partial charge in [-0.25, -0.2) is 8.42 Å². The third-order valence-electron chi connectivity index (χ3n) is 4.80. The maximum Gasteiger partial charge on any atom is 0.241 e. The standard InChI is InChI=1S/C23H31N3O7S/c1-15(18-6-11-21(22(14-18)32-5)33-13-12-31-4)24-23(28)16(2)26-34(29,30)20-9-7-19(8-10-20)25-17(3)27/h6-11,14-16,26H,12-13H2,1-5H3,(H,24,28)(H,25,27)/t15?,16-/m0/s1. The van der Waals surface area contributed by atoms with E-state index in [1.807, 2.05) is 0 Å². The fourth-order valence-corrected chi connectivity index (χ4v) is 4.21. The van der Waals surface area contributed by atoms with Crippen molar-refractivity contribution in [2.24, 2.45) is 0 Å². The second kappa shape index (κ2) is 12.4. The van der Waals surface area contributed by atoms with Crippen molar-refractivity contribution in [3.05, 3.63) is 48.0 Å². The minimum Gasteiger partial charge on any atom is -0.493 e. The fraction of sp³-hybridized carbons (Fsp3) is 0.391. The predicted molar refractivity (Wildman–Crippen MR) is 127 cm³/mol. The van der Waals surface area contributed by atoms with Crippen molar-refractivity contribution in [3.63, 3.8) is 0 Å². The topological polar surface area (TPSA) is 132 Å². The smallest absolute Gasteiger partial charge is 0.241 e. The van der Waals surface area contributed by atoms with Gasteiger partial charge in [0.2, 0.25) is 21.8 Å². The first-order valence-electron chi connectivity index (χ1n) is 10.6. The van der Waals surface area contributed by atoms with Crippen LogP contribution in [-0.2, 0) is 24.3 Å². The number of rotatable bonds is 12. The number of benzene rings is 2. The van der Waals surface area contributed by atoms with Crippen LogP contribution in [0.15, 0.2) is 47.4 Å². The van der Waals surface area contributed by atoms with Crippen molar-refractivity contribution in [2.75, 3.05) is 32.8 Å². The Labute approximate surface area is 200 Å². The molecule has 0 heterocycles. The lowest BCUT2D eigenvalue weighted by molar-refractivity contribution is -0.123. The molecule has 10 nitrogen and oxygen atoms in total. The highest BCUT2D eigenvalue weighted by atomic mass is 32.2. The highest BCUT2D eigenvalue weighted by molar-refractivity contribution is 7.89. The second-order valence-electron chi connectivity index (χ2n) is 7.53. The average Bonchev–Trinajstić information content (AvgIpc) is 2.78. The van der Waals surface area contributed by atoms with Crippen LogP contribution in [0, 0.1) is 0 Å². The molecule has 0 aromatic heterocycles. The Kier molecular flexibility index (Phi) is 9.84. The highest BCUT2D eigenvalue weighted by Gasteiger charge is 2.23. The van der Waals surface area contributed by atoms with Gasteiger partial charge in [0.05, 0.1) is 30.7 Å². The molecule has 0 bridgehead atoms. The molecule has 3 N–H and O–H groups in total. The van der Waals surface area contributed by atoms with Crippen molar-refractivity contribution in [1.29, 1.82) is 0 Å². The summed E-state index contributed by atoms with van der Waals surface area (Å²) in [7, 11) is -0.847. The molecule has 2 rings (SSSR count). The van der Waals surface area contributed by atoms with Crippen LogP contribution in [0.4, 0.5) is 5.69 Å². The third-order valence-corrected chi connectivity index (χ3v) is 6.36. The molecule has 0 aliphatic carbocycles. The van der Waals surface area contributed by atoms with E-state index in [0.29, 0.717) is 30.4 Å². The predicted octanol–water partition coefficient (Wildman–Crippen LogP) is 2.22. The Balaban J connectivity index is 2.02. The monoisotopic (exact) mass is 493 g/mol. The molecule has 0 spiro atoms. The van der Waals surface area contributed by atoms with E-state index in [-0.39, 0.29) is 10.8 Å². The van der Waals surface area contributed by atoms with Crippen LogP contribution in [0.2, 0.25) is 0 Å². The number of sulfonamides is 1. The molecule has 34 heavy (non-hydrogen) atoms. The van der Waals surface area contributed by atoms with Crippen molar-refractivity contribution < 1.29 is 32.2 Å². The van der Waals surface area contributed by atoms with Gasteiger partial charge in [-0.1, -0.05) is 6.07 Å². The molecule has 0 aliphatic heterocycles. The number of hydrogen-bond donors (Lipinski definition) is 3. The van der Waals surface area contributed by atoms with Crippen molar-refractivity contribution in [2.45, 2.75) is 37.8 Å². The van der Waals surface area contributed by atoms with E-state index in [4.69, 9.17) is 14.2 Å². The van der Waals surface area contributed by atoms with Gasteiger partial charge in [0, 0.05) is 19.7 Å². The molecule has 1 unspecified atom stereocenters. The SMILES string of the molecule is COCCOc1ccc(C(C)NC(=O)[C@H](C)NS(=O)(=O)c2ccc(NC(C)=O)cc2)cc1OC. The third kappa shape index (κ3) is 7.72. The van der Waals surface area contributed by atoms with Gasteiger partial charge >= 0.3 is 0 Å². The summed E-state index contributed by atoms with van der Waals surface area (Å²) in [5, 5.41) is 5.36. The molecule has 11 heteroatoms. The van der Waals surface area contributed by atoms with E-state index < -0.39 is 28.0 Å². The fourth-order valence-electron chi connectivity index (χ4n) is 3.00. The van der Waals surface area contributed by atoms with Gasteiger partial charge < -0.3 is 24.8 Å². The van der Waals surface area contributed by atoms with Crippen LogP contribution in [0.25, 0.3) is 0 Å². The summed E-state index contributed by atoms with van der Waals surface area (Å²) in [5.41, 5.74) is 1.23. The van der Waals surface area contributed by atoms with E-state index in [0.717, 1.165) is 5.56 Å². The lowest BCUT2D eigenvalue weighted by atomic mass is 10.1. The van der Waals surface area contributed by atoms with E-state index in [2.05, 4.69) is 15.4 Å². The zero-order valence-electron chi connectivity index (χ0n) is 19.9. The summed E-state index contributed by atoms with van der Waals surface area (Å²) in [4.78, 5) is 23.7. The van der Waals surface area contributed by atoms with Gasteiger partial charge in [0.15, 0.2) is 11.5 Å². The van der Waals surface area contributed by atoms with Gasteiger partial charge in [0.1, 0.15) is 6.61 Å². The van der Waals surface area contributed by atoms with Gasteiger partial charge in [-0.3, -0.25) is 9.59 Å². The second-order valence-corrected chi connectivity index (χ2v) is 9.24. The van der Waals surface area contributed by atoms with Crippen LogP contribution in [0.3, 0.4) is 0 Å². The van der Waals surface area contributed by atoms with Crippen molar-refractivity contribution in [3.8, 4) is 11.5 Å². The molecule has 2 aromatic rings. The molecule has 186 valence electrons. The highest BCUT2D eigenvalue weighted by Crippen LogP contribution is 2.30. The number of nitrogens with one attached hydrogen (secondary N) is 3. The average molecular weight is 494 g/mol. The van der Waals surface area contributed by atoms with Crippen molar-refractivity contribution in [1.82, 2.24) is 10.0 Å². The van der Waals surface area contributed by atoms with Crippen LogP contribution in [-0.4, -0.2) is 53.7 Å². The number of carbonyl (C=O) groups excluding carboxylic acids is 2. The molecular formula is C23H31N3O7S. The summed E-state index contributed by atoms with van der Waals surface area (Å²) < 4.78 is 43.6. The Bertz CT molecular complexity index is 1090. The lowest BCUT2D eigenvalue weighted by Gasteiger charge is -2.20. The van der Waals surface area contributed by atoms with Crippen LogP contribution >= 0.6 is 0 Å². The minimum atomic E-state index is -3.95. The van der Waals surface area contributed by atoms with Gasteiger partial charge in [-0.05, 0) is 55.8 Å². The quantitative estimate of drug-likeness (QED) is 0.386. The molecule has 0 fully saturated rings. The number of carbonyl (C=O) groups is 2. The number of anilines is 1. The Morgan fingerprint density at radius 1 is 0.971 bits per heavy atom. The van der Waals surface area contributed by atoms with Gasteiger partial charge in [-0.15, -0.1) is 0 Å². The first-order chi connectivity index (χ1) is 16.1. The zero-order valence-corrected chi connectivity index (χ0v) is 20.7. The summed E-state index contributed by atoms with van der Waals surface area (Å²) in [6.07, 6.45) is 0. The summed E-state index contributed by atoms with van der Waals surface area (Å²) in [6, 6.07) is 9.48. The van der Waals surface area contributed by atoms with Crippen LogP contribution in [0.1, 0.15) is 32.4 Å². The first-order valence-corrected chi connectivity index (χ1v) is 12.1. The molecule has 0 saturated carbocycles. The largest absolute Gasteiger partial charge is 0.493 e. The molecular weight excluding hydrogens is 462 g/mol. The summed E-state index contributed by atoms with van der Waals surface area (Å²) in [6.45, 7) is 5.39. The molecule has 0 radical (unpaired) electrons. The minimum absolute atomic E-state index is 0.0249. The van der Waals surface area contributed by atoms with E-state index >= 15 is 0 Å². The number of amides is 2. The lowest BCUT2D eigenvalue weighted by Crippen LogP contribution is -2.45. The van der Waals surface area contributed by atoms with Gasteiger partial charge in [0.25, 0.3) is 0 Å². The van der Waals surface area contributed by atoms with E-state index in [9.17, 15) is 18.0 Å². The van der Waals surface area contributed by atoms with E-state index in [1.54, 1.807) is 32.2 Å². The Morgan fingerprint density at radius 2 is 1.65 bits per heavy atom. The van der Waals surface area contributed by atoms with E-state index in [1.165, 1.54) is 45.2 Å². The Hall–Kier alpha value is -3.15. The molecule has 2 aromatic carbocycles. The molecule has 0 saturated heterocycles. The van der Waals surface area contributed by atoms with Crippen LogP contribution in [0.5, 0.6) is 11.5 Å². The van der Waals surface area contributed by atoms with Crippen LogP contribution < -0.4 is 24.8 Å². The summed E-state index contributed by atoms with van der Waals surface area (Å²) >= 11 is 0. The molecule has 2 amide bonds. The van der Waals surface area contributed by atoms with Gasteiger partial charge in [-0.2, -0.15) is 4.72 Å². The molecule has 2 atom stereocenters. The maximum absolute atomic E-state index is 12.7. The number of hydrogen-bond acceptors (Lipinski definition) is 7.